The van der Waals surface area contributed by atoms with E-state index >= 15 is 0 Å². The van der Waals surface area contributed by atoms with Gasteiger partial charge in [-0.05, 0) is 18.6 Å². The molecule has 1 saturated heterocycles. The van der Waals surface area contributed by atoms with Crippen LogP contribution in [0.1, 0.15) is 26.0 Å². The van der Waals surface area contributed by atoms with Gasteiger partial charge in [0.25, 0.3) is 0 Å². The molecule has 1 fully saturated rings. The third-order valence-corrected chi connectivity index (χ3v) is 4.13. The number of para-hydroxylation sites is 1. The Balaban J connectivity index is 1.57. The summed E-state index contributed by atoms with van der Waals surface area (Å²) in [5.41, 5.74) is 1.92. The fourth-order valence-electron chi connectivity index (χ4n) is 2.84. The molecule has 0 aliphatic carbocycles. The zero-order valence-corrected chi connectivity index (χ0v) is 13.1. The number of pyridine rings is 1. The van der Waals surface area contributed by atoms with Gasteiger partial charge in [0.05, 0.1) is 30.0 Å². The number of nitrogens with zero attached hydrogens (tertiary/aromatic N) is 1. The summed E-state index contributed by atoms with van der Waals surface area (Å²) in [5.74, 6) is 0.341. The molecule has 1 aromatic heterocycles. The molecule has 1 aliphatic heterocycles. The number of Topliss-reactive ketones (excluding diaryl/α,β-unsaturated/α-hetero) is 1. The number of nitrogens with one attached hydrogen (secondary N) is 1. The van der Waals surface area contributed by atoms with Crippen LogP contribution < -0.4 is 5.32 Å². The third kappa shape index (κ3) is 3.34. The first-order valence-corrected chi connectivity index (χ1v) is 7.87. The highest BCUT2D eigenvalue weighted by Gasteiger charge is 2.30. The molecule has 0 amide bonds. The topological polar surface area (TPSA) is 51.2 Å². The van der Waals surface area contributed by atoms with Crippen LogP contribution in [0.25, 0.3) is 10.9 Å². The van der Waals surface area contributed by atoms with Gasteiger partial charge in [-0.3, -0.25) is 9.78 Å². The predicted octanol–water partition coefficient (Wildman–Crippen LogP) is 2.71. The van der Waals surface area contributed by atoms with Crippen molar-refractivity contribution in [3.8, 4) is 0 Å². The van der Waals surface area contributed by atoms with Gasteiger partial charge in [0.2, 0.25) is 0 Å². The van der Waals surface area contributed by atoms with Gasteiger partial charge in [0, 0.05) is 17.8 Å². The van der Waals surface area contributed by atoms with Gasteiger partial charge in [-0.2, -0.15) is 0 Å². The SMILES string of the molecule is CC(C)C(=O)[C@@H]1C[C@@H](OCc2ccc3ccccc3n2)CN1. The van der Waals surface area contributed by atoms with Gasteiger partial charge in [0.15, 0.2) is 5.78 Å². The van der Waals surface area contributed by atoms with Crippen LogP contribution in [0.5, 0.6) is 0 Å². The van der Waals surface area contributed by atoms with Crippen molar-refractivity contribution in [1.29, 1.82) is 0 Å². The molecule has 4 heteroatoms. The average molecular weight is 298 g/mol. The van der Waals surface area contributed by atoms with Gasteiger partial charge >= 0.3 is 0 Å². The Morgan fingerprint density at radius 2 is 2.14 bits per heavy atom. The normalized spacial score (nSPS) is 21.6. The first-order valence-electron chi connectivity index (χ1n) is 7.87. The van der Waals surface area contributed by atoms with Crippen LogP contribution in [0.4, 0.5) is 0 Å². The number of carbonyl (C=O) groups excluding carboxylic acids is 1. The summed E-state index contributed by atoms with van der Waals surface area (Å²) in [6, 6.07) is 12.1. The lowest BCUT2D eigenvalue weighted by Gasteiger charge is -2.12. The quantitative estimate of drug-likeness (QED) is 0.922. The van der Waals surface area contributed by atoms with Crippen LogP contribution in [0.2, 0.25) is 0 Å². The summed E-state index contributed by atoms with van der Waals surface area (Å²) >= 11 is 0. The zero-order chi connectivity index (χ0) is 15.5. The standard InChI is InChI=1S/C18H22N2O2/c1-12(2)18(21)17-9-15(10-19-17)22-11-14-8-7-13-5-3-4-6-16(13)20-14/h3-8,12,15,17,19H,9-11H2,1-2H3/t15-,17+/m1/s1. The van der Waals surface area contributed by atoms with Crippen molar-refractivity contribution in [3.05, 3.63) is 42.1 Å². The predicted molar refractivity (Wildman–Crippen MR) is 86.6 cm³/mol. The minimum Gasteiger partial charge on any atom is -0.371 e. The van der Waals surface area contributed by atoms with Crippen LogP contribution in [-0.4, -0.2) is 29.5 Å². The first-order chi connectivity index (χ1) is 10.6. The van der Waals surface area contributed by atoms with E-state index in [-0.39, 0.29) is 23.8 Å². The number of aromatic nitrogens is 1. The maximum atomic E-state index is 12.0. The van der Waals surface area contributed by atoms with E-state index in [1.807, 2.05) is 38.1 Å². The Kier molecular flexibility index (Phi) is 4.50. The molecule has 0 bridgehead atoms. The Bertz CT molecular complexity index is 669. The van der Waals surface area contributed by atoms with Gasteiger partial charge < -0.3 is 10.1 Å². The molecule has 1 aromatic carbocycles. The minimum atomic E-state index is -0.0606. The minimum absolute atomic E-state index is 0.0606. The van der Waals surface area contributed by atoms with Crippen molar-refractivity contribution in [1.82, 2.24) is 10.3 Å². The van der Waals surface area contributed by atoms with Gasteiger partial charge in [-0.25, -0.2) is 0 Å². The monoisotopic (exact) mass is 298 g/mol. The molecule has 0 saturated carbocycles. The smallest absolute Gasteiger partial charge is 0.152 e. The van der Waals surface area contributed by atoms with Gasteiger partial charge in [0.1, 0.15) is 0 Å². The molecule has 22 heavy (non-hydrogen) atoms. The zero-order valence-electron chi connectivity index (χ0n) is 13.1. The van der Waals surface area contributed by atoms with Crippen LogP contribution in [0.3, 0.4) is 0 Å². The molecule has 116 valence electrons. The highest BCUT2D eigenvalue weighted by molar-refractivity contribution is 5.86. The number of hydrogen-bond acceptors (Lipinski definition) is 4. The summed E-state index contributed by atoms with van der Waals surface area (Å²) < 4.78 is 5.92. The summed E-state index contributed by atoms with van der Waals surface area (Å²) in [6.07, 6.45) is 0.839. The number of hydrogen-bond donors (Lipinski definition) is 1. The molecule has 1 N–H and O–H groups in total. The second-order valence-corrected chi connectivity index (χ2v) is 6.18. The summed E-state index contributed by atoms with van der Waals surface area (Å²) in [7, 11) is 0. The molecule has 0 unspecified atom stereocenters. The van der Waals surface area contributed by atoms with E-state index in [1.54, 1.807) is 0 Å². The lowest BCUT2D eigenvalue weighted by atomic mass is 10.0. The Morgan fingerprint density at radius 1 is 1.32 bits per heavy atom. The van der Waals surface area contributed by atoms with E-state index in [2.05, 4.69) is 22.4 Å². The lowest BCUT2D eigenvalue weighted by molar-refractivity contribution is -0.123. The molecule has 1 aliphatic rings. The average Bonchev–Trinajstić information content (AvgIpc) is 3.00. The van der Waals surface area contributed by atoms with E-state index < -0.39 is 0 Å². The maximum absolute atomic E-state index is 12.0. The Labute approximate surface area is 130 Å². The van der Waals surface area contributed by atoms with Crippen molar-refractivity contribution in [2.45, 2.75) is 39.0 Å². The molecule has 0 spiro atoms. The van der Waals surface area contributed by atoms with E-state index in [0.29, 0.717) is 6.61 Å². The van der Waals surface area contributed by atoms with Crippen LogP contribution >= 0.6 is 0 Å². The van der Waals surface area contributed by atoms with Gasteiger partial charge in [-0.1, -0.05) is 38.1 Å². The van der Waals surface area contributed by atoms with Crippen LogP contribution in [0, 0.1) is 5.92 Å². The van der Waals surface area contributed by atoms with Crippen molar-refractivity contribution >= 4 is 16.7 Å². The fraction of sp³-hybridized carbons (Fsp3) is 0.444. The number of ketones is 1. The molecule has 3 rings (SSSR count). The van der Waals surface area contributed by atoms with Crippen molar-refractivity contribution in [2.75, 3.05) is 6.54 Å². The number of benzene rings is 1. The first kappa shape index (κ1) is 15.1. The third-order valence-electron chi connectivity index (χ3n) is 4.13. The summed E-state index contributed by atoms with van der Waals surface area (Å²) in [6.45, 7) is 5.10. The Morgan fingerprint density at radius 3 is 2.95 bits per heavy atom. The van der Waals surface area contributed by atoms with Gasteiger partial charge in [-0.15, -0.1) is 0 Å². The molecule has 2 heterocycles. The maximum Gasteiger partial charge on any atom is 0.152 e. The van der Waals surface area contributed by atoms with Crippen molar-refractivity contribution in [3.63, 3.8) is 0 Å². The molecular weight excluding hydrogens is 276 g/mol. The highest BCUT2D eigenvalue weighted by Crippen LogP contribution is 2.17. The lowest BCUT2D eigenvalue weighted by Crippen LogP contribution is -2.33. The number of fused-ring (bicyclic) bond motifs is 1. The van der Waals surface area contributed by atoms with Crippen molar-refractivity contribution in [2.24, 2.45) is 5.92 Å². The van der Waals surface area contributed by atoms with E-state index in [9.17, 15) is 4.79 Å². The number of ether oxygens (including phenoxy) is 1. The number of rotatable bonds is 5. The number of carbonyl (C=O) groups is 1. The molecule has 4 nitrogen and oxygen atoms in total. The van der Waals surface area contributed by atoms with Crippen LogP contribution in [-0.2, 0) is 16.1 Å². The Hall–Kier alpha value is -1.78. The highest BCUT2D eigenvalue weighted by atomic mass is 16.5. The molecule has 2 atom stereocenters. The van der Waals surface area contributed by atoms with Crippen LogP contribution in [0.15, 0.2) is 36.4 Å². The summed E-state index contributed by atoms with van der Waals surface area (Å²) in [5, 5.41) is 4.39. The van der Waals surface area contributed by atoms with E-state index in [1.165, 1.54) is 0 Å². The van der Waals surface area contributed by atoms with E-state index in [4.69, 9.17) is 4.74 Å². The van der Waals surface area contributed by atoms with E-state index in [0.717, 1.165) is 29.6 Å². The summed E-state index contributed by atoms with van der Waals surface area (Å²) in [4.78, 5) is 16.6. The molecule has 2 aromatic rings. The second-order valence-electron chi connectivity index (χ2n) is 6.18. The molecular formula is C18H22N2O2. The van der Waals surface area contributed by atoms with Crippen molar-refractivity contribution < 1.29 is 9.53 Å². The molecule has 0 radical (unpaired) electrons. The fourth-order valence-corrected chi connectivity index (χ4v) is 2.84. The largest absolute Gasteiger partial charge is 0.371 e. The second kappa shape index (κ2) is 6.55.